The molecule has 0 spiro atoms. The molecule has 0 N–H and O–H groups in total. The molecule has 4 heteroatoms. The minimum absolute atomic E-state index is 0.246. The molecule has 1 aliphatic rings. The Morgan fingerprint density at radius 2 is 1.05 bits per heavy atom. The lowest BCUT2D eigenvalue weighted by molar-refractivity contribution is -0.389. The van der Waals surface area contributed by atoms with Gasteiger partial charge >= 0.3 is 0 Å². The molecule has 0 saturated carbocycles. The Labute approximate surface area is 130 Å². The van der Waals surface area contributed by atoms with Gasteiger partial charge in [-0.3, -0.25) is 0 Å². The summed E-state index contributed by atoms with van der Waals surface area (Å²) in [5.74, 6) is -1.81. The molecule has 2 aromatic carbocycles. The highest BCUT2D eigenvalue weighted by Crippen LogP contribution is 2.39. The molecule has 22 heavy (non-hydrogen) atoms. The number of hydrogen-bond donors (Lipinski definition) is 0. The largest absolute Gasteiger partial charge is 0.347 e. The van der Waals surface area contributed by atoms with Crippen molar-refractivity contribution >= 4 is 0 Å². The van der Waals surface area contributed by atoms with Crippen LogP contribution >= 0.6 is 0 Å². The van der Waals surface area contributed by atoms with Crippen molar-refractivity contribution in [2.75, 3.05) is 27.4 Å². The number of methoxy groups -OCH3 is 2. The Bertz CT molecular complexity index is 533. The van der Waals surface area contributed by atoms with E-state index < -0.39 is 11.6 Å². The Morgan fingerprint density at radius 3 is 1.32 bits per heavy atom. The van der Waals surface area contributed by atoms with Crippen LogP contribution in [0.2, 0.25) is 0 Å². The van der Waals surface area contributed by atoms with Gasteiger partial charge in [-0.05, 0) is 0 Å². The van der Waals surface area contributed by atoms with E-state index >= 15 is 0 Å². The summed E-state index contributed by atoms with van der Waals surface area (Å²) >= 11 is 0. The molecule has 0 aromatic heterocycles. The molecule has 0 bridgehead atoms. The number of rotatable bonds is 4. The maximum atomic E-state index is 6.09. The summed E-state index contributed by atoms with van der Waals surface area (Å²) in [5, 5.41) is 0. The fourth-order valence-corrected chi connectivity index (χ4v) is 2.70. The van der Waals surface area contributed by atoms with E-state index in [1.54, 1.807) is 14.2 Å². The lowest BCUT2D eigenvalue weighted by Crippen LogP contribution is -2.52. The van der Waals surface area contributed by atoms with Gasteiger partial charge in [-0.15, -0.1) is 0 Å². The number of benzene rings is 2. The summed E-state index contributed by atoms with van der Waals surface area (Å²) in [6.45, 7) is 0.493. The predicted octanol–water partition coefficient (Wildman–Crippen LogP) is 3.03. The van der Waals surface area contributed by atoms with Crippen LogP contribution in [0.3, 0.4) is 0 Å². The highest BCUT2D eigenvalue weighted by atomic mass is 16.8. The summed E-state index contributed by atoms with van der Waals surface area (Å²) in [4.78, 5) is 0. The van der Waals surface area contributed by atoms with Crippen LogP contribution in [-0.4, -0.2) is 27.4 Å². The average molecular weight is 300 g/mol. The van der Waals surface area contributed by atoms with Crippen molar-refractivity contribution in [1.29, 1.82) is 0 Å². The average Bonchev–Trinajstić information content (AvgIpc) is 2.63. The first-order valence-electron chi connectivity index (χ1n) is 7.24. The van der Waals surface area contributed by atoms with Gasteiger partial charge in [0, 0.05) is 25.3 Å². The van der Waals surface area contributed by atoms with Crippen molar-refractivity contribution in [3.63, 3.8) is 0 Å². The fourth-order valence-electron chi connectivity index (χ4n) is 2.70. The van der Waals surface area contributed by atoms with E-state index in [-0.39, 0.29) is 13.2 Å². The van der Waals surface area contributed by atoms with Crippen LogP contribution in [0.15, 0.2) is 60.7 Å². The maximum Gasteiger partial charge on any atom is 0.219 e. The van der Waals surface area contributed by atoms with E-state index in [0.717, 1.165) is 11.1 Å². The van der Waals surface area contributed by atoms with Gasteiger partial charge in [-0.25, -0.2) is 0 Å². The van der Waals surface area contributed by atoms with Gasteiger partial charge in [0.25, 0.3) is 0 Å². The molecule has 0 radical (unpaired) electrons. The Kier molecular flexibility index (Phi) is 4.27. The van der Waals surface area contributed by atoms with Crippen molar-refractivity contribution in [2.45, 2.75) is 11.6 Å². The van der Waals surface area contributed by atoms with Crippen LogP contribution in [0.25, 0.3) is 0 Å². The SMILES string of the molecule is CO[C@@]1(c2ccccc2)CO[C@@](OC)(c2ccccc2)CO1. The van der Waals surface area contributed by atoms with Crippen LogP contribution in [-0.2, 0) is 30.5 Å². The molecule has 1 heterocycles. The van der Waals surface area contributed by atoms with E-state index in [1.165, 1.54) is 0 Å². The van der Waals surface area contributed by atoms with Crippen molar-refractivity contribution in [3.05, 3.63) is 71.8 Å². The van der Waals surface area contributed by atoms with Gasteiger partial charge in [-0.1, -0.05) is 60.7 Å². The third kappa shape index (κ3) is 2.55. The molecule has 1 saturated heterocycles. The van der Waals surface area contributed by atoms with Gasteiger partial charge < -0.3 is 18.9 Å². The first-order chi connectivity index (χ1) is 10.7. The summed E-state index contributed by atoms with van der Waals surface area (Å²) < 4.78 is 23.5. The van der Waals surface area contributed by atoms with Crippen LogP contribution in [0.1, 0.15) is 11.1 Å². The molecule has 0 amide bonds. The van der Waals surface area contributed by atoms with Gasteiger partial charge in [0.15, 0.2) is 0 Å². The van der Waals surface area contributed by atoms with Crippen LogP contribution in [0, 0.1) is 0 Å². The summed E-state index contributed by atoms with van der Waals surface area (Å²) in [7, 11) is 3.25. The zero-order chi connectivity index (χ0) is 15.5. The zero-order valence-electron chi connectivity index (χ0n) is 12.8. The van der Waals surface area contributed by atoms with Gasteiger partial charge in [0.05, 0.1) is 0 Å². The second kappa shape index (κ2) is 6.18. The highest BCUT2D eigenvalue weighted by Gasteiger charge is 2.47. The van der Waals surface area contributed by atoms with Gasteiger partial charge in [0.2, 0.25) is 11.6 Å². The fraction of sp³-hybridized carbons (Fsp3) is 0.333. The maximum absolute atomic E-state index is 6.09. The van der Waals surface area contributed by atoms with Crippen molar-refractivity contribution in [3.8, 4) is 0 Å². The molecule has 116 valence electrons. The van der Waals surface area contributed by atoms with Crippen LogP contribution in [0.4, 0.5) is 0 Å². The minimum Gasteiger partial charge on any atom is -0.347 e. The molecule has 1 fully saturated rings. The van der Waals surface area contributed by atoms with Gasteiger partial charge in [0.1, 0.15) is 13.2 Å². The molecular formula is C18H20O4. The quantitative estimate of drug-likeness (QED) is 0.869. The third-order valence-electron chi connectivity index (χ3n) is 4.08. The van der Waals surface area contributed by atoms with E-state index in [2.05, 4.69) is 0 Å². The number of ether oxygens (including phenoxy) is 4. The molecule has 3 rings (SSSR count). The third-order valence-corrected chi connectivity index (χ3v) is 4.08. The molecule has 2 atom stereocenters. The molecule has 1 aliphatic heterocycles. The van der Waals surface area contributed by atoms with E-state index in [4.69, 9.17) is 18.9 Å². The first kappa shape index (κ1) is 15.2. The molecular weight excluding hydrogens is 280 g/mol. The molecule has 0 unspecified atom stereocenters. The van der Waals surface area contributed by atoms with Crippen LogP contribution < -0.4 is 0 Å². The second-order valence-electron chi connectivity index (χ2n) is 5.22. The minimum atomic E-state index is -0.905. The van der Waals surface area contributed by atoms with Crippen molar-refractivity contribution in [1.82, 2.24) is 0 Å². The van der Waals surface area contributed by atoms with Crippen molar-refractivity contribution < 1.29 is 18.9 Å². The molecule has 0 aliphatic carbocycles. The van der Waals surface area contributed by atoms with Gasteiger partial charge in [-0.2, -0.15) is 0 Å². The smallest absolute Gasteiger partial charge is 0.219 e. The Morgan fingerprint density at radius 1 is 0.682 bits per heavy atom. The predicted molar refractivity (Wildman–Crippen MR) is 82.2 cm³/mol. The van der Waals surface area contributed by atoms with E-state index in [1.807, 2.05) is 60.7 Å². The monoisotopic (exact) mass is 300 g/mol. The number of hydrogen-bond acceptors (Lipinski definition) is 4. The Balaban J connectivity index is 1.87. The lowest BCUT2D eigenvalue weighted by Gasteiger charge is -2.44. The van der Waals surface area contributed by atoms with Crippen molar-refractivity contribution in [2.24, 2.45) is 0 Å². The standard InChI is InChI=1S/C18H20O4/c1-19-17(15-9-5-3-6-10-15)13-22-18(20-2,14-21-17)16-11-7-4-8-12-16/h3-12H,13-14H2,1-2H3/t17-,18+. The normalized spacial score (nSPS) is 28.5. The topological polar surface area (TPSA) is 36.9 Å². The summed E-state index contributed by atoms with van der Waals surface area (Å²) in [6, 6.07) is 19.6. The highest BCUT2D eigenvalue weighted by molar-refractivity contribution is 5.24. The zero-order valence-corrected chi connectivity index (χ0v) is 12.8. The van der Waals surface area contributed by atoms with E-state index in [9.17, 15) is 0 Å². The molecule has 2 aromatic rings. The lowest BCUT2D eigenvalue weighted by atomic mass is 10.0. The first-order valence-corrected chi connectivity index (χ1v) is 7.24. The van der Waals surface area contributed by atoms with Crippen LogP contribution in [0.5, 0.6) is 0 Å². The van der Waals surface area contributed by atoms with E-state index in [0.29, 0.717) is 0 Å². The summed E-state index contributed by atoms with van der Waals surface area (Å²) in [5.41, 5.74) is 1.85. The second-order valence-corrected chi connectivity index (χ2v) is 5.22. The summed E-state index contributed by atoms with van der Waals surface area (Å²) in [6.07, 6.45) is 0. The Hall–Kier alpha value is -1.72. The molecule has 4 nitrogen and oxygen atoms in total.